The second-order valence-corrected chi connectivity index (χ2v) is 3.69. The number of halogens is 1. The third-order valence-corrected chi connectivity index (χ3v) is 2.12. The Bertz CT molecular complexity index is 309. The van der Waals surface area contributed by atoms with Gasteiger partial charge >= 0.3 is 5.97 Å². The van der Waals surface area contributed by atoms with E-state index in [1.54, 1.807) is 6.07 Å². The minimum atomic E-state index is -0.773. The highest BCUT2D eigenvalue weighted by Gasteiger charge is 2.01. The highest BCUT2D eigenvalue weighted by molar-refractivity contribution is 9.10. The quantitative estimate of drug-likeness (QED) is 0.850. The summed E-state index contributed by atoms with van der Waals surface area (Å²) in [6, 6.07) is 1.79. The third kappa shape index (κ3) is 3.10. The summed E-state index contributed by atoms with van der Waals surface area (Å²) in [4.78, 5) is 10.2. The Kier molecular flexibility index (Phi) is 3.36. The predicted octanol–water partition coefficient (Wildman–Crippen LogP) is 1.70. The van der Waals surface area contributed by atoms with E-state index in [1.165, 1.54) is 0 Å². The first-order chi connectivity index (χ1) is 6.09. The van der Waals surface area contributed by atoms with Crippen LogP contribution in [0.25, 0.3) is 0 Å². The lowest BCUT2D eigenvalue weighted by atomic mass is 10.3. The summed E-state index contributed by atoms with van der Waals surface area (Å²) in [5, 5.41) is 8.42. The maximum Gasteiger partial charge on any atom is 0.303 e. The van der Waals surface area contributed by atoms with Crippen molar-refractivity contribution < 1.29 is 9.90 Å². The van der Waals surface area contributed by atoms with E-state index in [9.17, 15) is 4.79 Å². The van der Waals surface area contributed by atoms with E-state index in [2.05, 4.69) is 15.9 Å². The van der Waals surface area contributed by atoms with Crippen LogP contribution in [0.3, 0.4) is 0 Å². The fourth-order valence-electron chi connectivity index (χ4n) is 1.08. The normalized spacial score (nSPS) is 10.2. The van der Waals surface area contributed by atoms with Gasteiger partial charge in [-0.2, -0.15) is 0 Å². The van der Waals surface area contributed by atoms with Crippen molar-refractivity contribution in [2.24, 2.45) is 0 Å². The van der Waals surface area contributed by atoms with Crippen LogP contribution in [0.15, 0.2) is 16.7 Å². The van der Waals surface area contributed by atoms with Gasteiger partial charge in [-0.05, 0) is 28.4 Å². The molecule has 72 valence electrons. The van der Waals surface area contributed by atoms with Gasteiger partial charge < -0.3 is 15.4 Å². The summed E-state index contributed by atoms with van der Waals surface area (Å²) in [6.45, 7) is 0.643. The van der Waals surface area contributed by atoms with Gasteiger partial charge in [0.1, 0.15) is 5.82 Å². The van der Waals surface area contributed by atoms with Gasteiger partial charge in [0.15, 0.2) is 0 Å². The molecule has 5 heteroatoms. The minimum Gasteiger partial charge on any atom is -0.481 e. The van der Waals surface area contributed by atoms with Gasteiger partial charge in [-0.1, -0.05) is 0 Å². The van der Waals surface area contributed by atoms with Crippen LogP contribution in [-0.2, 0) is 11.3 Å². The number of nitrogens with zero attached hydrogens (tertiary/aromatic N) is 1. The van der Waals surface area contributed by atoms with Crippen molar-refractivity contribution in [3.8, 4) is 0 Å². The van der Waals surface area contributed by atoms with Crippen LogP contribution in [0.5, 0.6) is 0 Å². The fourth-order valence-corrected chi connectivity index (χ4v) is 1.56. The number of hydrogen-bond donors (Lipinski definition) is 2. The summed E-state index contributed by atoms with van der Waals surface area (Å²) in [7, 11) is 0. The van der Waals surface area contributed by atoms with Crippen LogP contribution in [0.4, 0.5) is 5.82 Å². The van der Waals surface area contributed by atoms with Crippen LogP contribution in [0.2, 0.25) is 0 Å². The molecule has 0 atom stereocenters. The summed E-state index contributed by atoms with van der Waals surface area (Å²) >= 11 is 3.29. The summed E-state index contributed by atoms with van der Waals surface area (Å²) in [5.74, 6) is -0.123. The number of aliphatic carboxylic acids is 1. The first-order valence-electron chi connectivity index (χ1n) is 3.92. The Morgan fingerprint density at radius 3 is 2.85 bits per heavy atom. The standard InChI is InChI=1S/C8H11BrN2O2/c9-6-4-7(10)11(5-6)3-1-2-8(12)13/h4-5H,1-3,10H2,(H,12,13). The third-order valence-electron chi connectivity index (χ3n) is 1.69. The van der Waals surface area contributed by atoms with Crippen molar-refractivity contribution >= 4 is 27.7 Å². The van der Waals surface area contributed by atoms with Gasteiger partial charge in [0, 0.05) is 23.6 Å². The van der Waals surface area contributed by atoms with Gasteiger partial charge in [0.25, 0.3) is 0 Å². The Morgan fingerprint density at radius 2 is 2.38 bits per heavy atom. The molecule has 0 fully saturated rings. The second-order valence-electron chi connectivity index (χ2n) is 2.77. The molecule has 3 N–H and O–H groups in total. The monoisotopic (exact) mass is 246 g/mol. The molecule has 0 aromatic carbocycles. The SMILES string of the molecule is Nc1cc(Br)cn1CCCC(=O)O. The number of anilines is 1. The van der Waals surface area contributed by atoms with E-state index in [4.69, 9.17) is 10.8 Å². The van der Waals surface area contributed by atoms with E-state index < -0.39 is 5.97 Å². The molecule has 0 bridgehead atoms. The van der Waals surface area contributed by atoms with Gasteiger partial charge in [0.2, 0.25) is 0 Å². The molecule has 0 unspecified atom stereocenters. The Labute approximate surface area is 84.5 Å². The molecule has 1 aromatic heterocycles. The molecule has 0 aliphatic carbocycles. The first-order valence-corrected chi connectivity index (χ1v) is 4.72. The number of carbonyl (C=O) groups is 1. The molecular weight excluding hydrogens is 236 g/mol. The number of aryl methyl sites for hydroxylation is 1. The van der Waals surface area contributed by atoms with Crippen molar-refractivity contribution in [3.63, 3.8) is 0 Å². The highest BCUT2D eigenvalue weighted by Crippen LogP contribution is 2.16. The Hall–Kier alpha value is -0.970. The molecule has 1 rings (SSSR count). The maximum atomic E-state index is 10.2. The van der Waals surface area contributed by atoms with Crippen LogP contribution < -0.4 is 5.73 Å². The van der Waals surface area contributed by atoms with E-state index in [-0.39, 0.29) is 6.42 Å². The van der Waals surface area contributed by atoms with Gasteiger partial charge in [-0.25, -0.2) is 0 Å². The first kappa shape index (κ1) is 10.1. The second kappa shape index (κ2) is 4.32. The van der Waals surface area contributed by atoms with Gasteiger partial charge in [-0.15, -0.1) is 0 Å². The lowest BCUT2D eigenvalue weighted by Crippen LogP contribution is -2.03. The molecule has 0 saturated heterocycles. The molecular formula is C8H11BrN2O2. The van der Waals surface area contributed by atoms with Crippen molar-refractivity contribution in [2.75, 3.05) is 5.73 Å². The molecule has 1 heterocycles. The summed E-state index contributed by atoms with van der Waals surface area (Å²) in [6.07, 6.45) is 2.62. The average Bonchev–Trinajstić information content (AvgIpc) is 2.29. The summed E-state index contributed by atoms with van der Waals surface area (Å²) < 4.78 is 2.74. The highest BCUT2D eigenvalue weighted by atomic mass is 79.9. The van der Waals surface area contributed by atoms with Crippen molar-refractivity contribution in [1.82, 2.24) is 4.57 Å². The van der Waals surface area contributed by atoms with Crippen molar-refractivity contribution in [2.45, 2.75) is 19.4 Å². The number of carboxylic acid groups (broad SMARTS) is 1. The largest absolute Gasteiger partial charge is 0.481 e. The van der Waals surface area contributed by atoms with Gasteiger partial charge in [-0.3, -0.25) is 4.79 Å². The molecule has 0 amide bonds. The number of hydrogen-bond acceptors (Lipinski definition) is 2. The molecule has 0 spiro atoms. The zero-order chi connectivity index (χ0) is 9.84. The van der Waals surface area contributed by atoms with E-state index in [0.717, 1.165) is 4.47 Å². The van der Waals surface area contributed by atoms with Crippen molar-refractivity contribution in [3.05, 3.63) is 16.7 Å². The molecule has 0 radical (unpaired) electrons. The zero-order valence-corrected chi connectivity index (χ0v) is 8.62. The lowest BCUT2D eigenvalue weighted by Gasteiger charge is -2.02. The van der Waals surface area contributed by atoms with E-state index in [1.807, 2.05) is 10.8 Å². The fraction of sp³-hybridized carbons (Fsp3) is 0.375. The molecule has 0 aliphatic rings. The van der Waals surface area contributed by atoms with Crippen LogP contribution in [-0.4, -0.2) is 15.6 Å². The lowest BCUT2D eigenvalue weighted by molar-refractivity contribution is -0.137. The minimum absolute atomic E-state index is 0.176. The maximum absolute atomic E-state index is 10.2. The molecule has 0 aliphatic heterocycles. The smallest absolute Gasteiger partial charge is 0.303 e. The average molecular weight is 247 g/mol. The van der Waals surface area contributed by atoms with E-state index >= 15 is 0 Å². The number of rotatable bonds is 4. The van der Waals surface area contributed by atoms with E-state index in [0.29, 0.717) is 18.8 Å². The number of nitrogen functional groups attached to an aromatic ring is 1. The van der Waals surface area contributed by atoms with Crippen LogP contribution in [0.1, 0.15) is 12.8 Å². The topological polar surface area (TPSA) is 68.2 Å². The molecule has 1 aromatic rings. The number of nitrogens with two attached hydrogens (primary N) is 1. The summed E-state index contributed by atoms with van der Waals surface area (Å²) in [5.41, 5.74) is 5.64. The van der Waals surface area contributed by atoms with Gasteiger partial charge in [0.05, 0.1) is 0 Å². The number of aromatic nitrogens is 1. The molecule has 13 heavy (non-hydrogen) atoms. The van der Waals surface area contributed by atoms with Crippen LogP contribution >= 0.6 is 15.9 Å². The van der Waals surface area contributed by atoms with Crippen LogP contribution in [0, 0.1) is 0 Å². The molecule has 4 nitrogen and oxygen atoms in total. The zero-order valence-electron chi connectivity index (χ0n) is 7.03. The van der Waals surface area contributed by atoms with Crippen molar-refractivity contribution in [1.29, 1.82) is 0 Å². The Morgan fingerprint density at radius 1 is 1.69 bits per heavy atom. The Balaban J connectivity index is 2.45. The molecule has 0 saturated carbocycles. The predicted molar refractivity (Wildman–Crippen MR) is 53.4 cm³/mol. The number of carboxylic acids is 1.